The van der Waals surface area contributed by atoms with Gasteiger partial charge in [-0.25, -0.2) is 9.37 Å². The molecule has 0 fully saturated rings. The van der Waals surface area contributed by atoms with E-state index in [-0.39, 0.29) is 12.4 Å². The Morgan fingerprint density at radius 2 is 1.83 bits per heavy atom. The molecule has 4 rings (SSSR count). The molecule has 0 spiro atoms. The molecular weight excluding hydrogens is 453 g/mol. The van der Waals surface area contributed by atoms with Crippen LogP contribution in [0.4, 0.5) is 27.5 Å². The van der Waals surface area contributed by atoms with Crippen molar-refractivity contribution in [3.05, 3.63) is 71.2 Å². The van der Waals surface area contributed by atoms with Crippen LogP contribution >= 0.6 is 15.9 Å². The van der Waals surface area contributed by atoms with Gasteiger partial charge >= 0.3 is 0 Å². The van der Waals surface area contributed by atoms with Crippen LogP contribution in [0.3, 0.4) is 0 Å². The first-order chi connectivity index (χ1) is 14.5. The van der Waals surface area contributed by atoms with Crippen molar-refractivity contribution < 1.29 is 14.6 Å². The molecule has 0 amide bonds. The van der Waals surface area contributed by atoms with Gasteiger partial charge in [-0.1, -0.05) is 0 Å². The third-order valence-electron chi connectivity index (χ3n) is 4.50. The fourth-order valence-electron chi connectivity index (χ4n) is 3.04. The van der Waals surface area contributed by atoms with Crippen molar-refractivity contribution in [2.45, 2.75) is 12.6 Å². The molecule has 30 heavy (non-hydrogen) atoms. The predicted molar refractivity (Wildman–Crippen MR) is 118 cm³/mol. The molecule has 0 aliphatic heterocycles. The number of halogens is 2. The van der Waals surface area contributed by atoms with E-state index in [1.54, 1.807) is 18.3 Å². The van der Waals surface area contributed by atoms with E-state index < -0.39 is 6.10 Å². The molecular formula is C21H19BrFN5O2. The number of hydrogen-bond acceptors (Lipinski definition) is 6. The quantitative estimate of drug-likeness (QED) is 0.323. The van der Waals surface area contributed by atoms with Crippen LogP contribution in [0.5, 0.6) is 0 Å². The van der Waals surface area contributed by atoms with Gasteiger partial charge in [0.15, 0.2) is 0 Å². The van der Waals surface area contributed by atoms with Crippen LogP contribution in [0, 0.1) is 5.82 Å². The van der Waals surface area contributed by atoms with Gasteiger partial charge < -0.3 is 25.4 Å². The number of nitrogens with zero attached hydrogens (tertiary/aromatic N) is 3. The van der Waals surface area contributed by atoms with E-state index in [2.05, 4.69) is 36.5 Å². The summed E-state index contributed by atoms with van der Waals surface area (Å²) in [6, 6.07) is 13.7. The Bertz CT molecular complexity index is 1170. The Balaban J connectivity index is 1.53. The number of rotatable bonds is 7. The van der Waals surface area contributed by atoms with Crippen LogP contribution in [-0.2, 0) is 6.54 Å². The lowest BCUT2D eigenvalue weighted by molar-refractivity contribution is 0.0822. The molecule has 0 saturated heterocycles. The maximum Gasteiger partial charge on any atom is 0.229 e. The minimum Gasteiger partial charge on any atom is -0.394 e. The zero-order valence-electron chi connectivity index (χ0n) is 15.8. The van der Waals surface area contributed by atoms with Crippen molar-refractivity contribution in [2.24, 2.45) is 0 Å². The average Bonchev–Trinajstić information content (AvgIpc) is 3.14. The maximum atomic E-state index is 13.1. The Morgan fingerprint density at radius 1 is 1.07 bits per heavy atom. The lowest BCUT2D eigenvalue weighted by atomic mass is 10.2. The fraction of sp³-hybridized carbons (Fsp3) is 0.143. The maximum absolute atomic E-state index is 13.1. The highest BCUT2D eigenvalue weighted by Gasteiger charge is 2.09. The molecule has 0 aliphatic carbocycles. The number of aliphatic hydroxyl groups excluding tert-OH is 2. The van der Waals surface area contributed by atoms with Crippen molar-refractivity contribution in [3.8, 4) is 0 Å². The third kappa shape index (κ3) is 4.59. The molecule has 2 aromatic heterocycles. The highest BCUT2D eigenvalue weighted by molar-refractivity contribution is 9.10. The summed E-state index contributed by atoms with van der Waals surface area (Å²) in [5.74, 6) is 0.640. The Kier molecular flexibility index (Phi) is 5.93. The number of hydrogen-bond donors (Lipinski definition) is 4. The molecule has 2 aromatic carbocycles. The second kappa shape index (κ2) is 8.78. The molecule has 0 aliphatic rings. The van der Waals surface area contributed by atoms with Crippen molar-refractivity contribution >= 4 is 50.0 Å². The monoisotopic (exact) mass is 471 g/mol. The van der Waals surface area contributed by atoms with E-state index in [0.29, 0.717) is 28.5 Å². The van der Waals surface area contributed by atoms with Crippen LogP contribution < -0.4 is 10.6 Å². The molecule has 1 atom stereocenters. The van der Waals surface area contributed by atoms with Crippen molar-refractivity contribution in [3.63, 3.8) is 0 Å². The molecule has 0 unspecified atom stereocenters. The van der Waals surface area contributed by atoms with E-state index in [9.17, 15) is 9.50 Å². The van der Waals surface area contributed by atoms with Gasteiger partial charge in [-0.2, -0.15) is 4.98 Å². The molecule has 0 radical (unpaired) electrons. The summed E-state index contributed by atoms with van der Waals surface area (Å²) in [4.78, 5) is 8.77. The minimum absolute atomic E-state index is 0.283. The molecule has 154 valence electrons. The van der Waals surface area contributed by atoms with Crippen molar-refractivity contribution in [1.82, 2.24) is 14.5 Å². The Labute approximate surface area is 180 Å². The second-order valence-corrected chi connectivity index (χ2v) is 7.58. The van der Waals surface area contributed by atoms with Gasteiger partial charge in [0.25, 0.3) is 0 Å². The van der Waals surface area contributed by atoms with Crippen LogP contribution in [0.25, 0.3) is 10.9 Å². The normalized spacial score (nSPS) is 12.1. The lowest BCUT2D eigenvalue weighted by Gasteiger charge is -2.11. The number of nitrogens with one attached hydrogen (secondary N) is 2. The van der Waals surface area contributed by atoms with Gasteiger partial charge in [-0.15, -0.1) is 0 Å². The number of fused-ring (bicyclic) bond motifs is 1. The lowest BCUT2D eigenvalue weighted by Crippen LogP contribution is -2.19. The van der Waals surface area contributed by atoms with E-state index in [1.165, 1.54) is 12.1 Å². The van der Waals surface area contributed by atoms with Gasteiger partial charge in [0.05, 0.1) is 23.7 Å². The van der Waals surface area contributed by atoms with E-state index in [4.69, 9.17) is 5.11 Å². The van der Waals surface area contributed by atoms with Gasteiger partial charge in [0.2, 0.25) is 5.95 Å². The molecule has 0 saturated carbocycles. The summed E-state index contributed by atoms with van der Waals surface area (Å²) in [5, 5.41) is 26.0. The number of aromatic nitrogens is 3. The molecule has 7 nitrogen and oxygen atoms in total. The van der Waals surface area contributed by atoms with Crippen molar-refractivity contribution in [2.75, 3.05) is 17.2 Å². The number of benzene rings is 2. The van der Waals surface area contributed by atoms with Gasteiger partial charge in [-0.05, 0) is 64.5 Å². The first-order valence-corrected chi connectivity index (χ1v) is 10.0. The first kappa shape index (κ1) is 20.3. The highest BCUT2D eigenvalue weighted by Crippen LogP contribution is 2.27. The number of aliphatic hydroxyl groups is 2. The minimum atomic E-state index is -0.804. The second-order valence-electron chi connectivity index (χ2n) is 6.73. The molecule has 9 heteroatoms. The summed E-state index contributed by atoms with van der Waals surface area (Å²) >= 11 is 3.42. The van der Waals surface area contributed by atoms with Crippen LogP contribution in [0.1, 0.15) is 0 Å². The average molecular weight is 472 g/mol. The predicted octanol–water partition coefficient (Wildman–Crippen LogP) is 4.17. The Morgan fingerprint density at radius 3 is 2.60 bits per heavy atom. The molecule has 4 aromatic rings. The summed E-state index contributed by atoms with van der Waals surface area (Å²) in [6.07, 6.45) is 2.70. The standard InChI is InChI=1S/C21H19BrFN5O2/c22-18-10-24-21(27-20(18)25-15-3-1-14(23)2-4-15)26-16-5-6-19-13(9-16)7-8-28(19)11-17(30)12-29/h1-10,17,29-30H,11-12H2,(H2,24,25,26,27)/t17-/m0/s1. The SMILES string of the molecule is OC[C@@H](O)Cn1ccc2cc(Nc3ncc(Br)c(Nc4ccc(F)cc4)n3)ccc21. The first-order valence-electron chi connectivity index (χ1n) is 9.22. The molecule has 2 heterocycles. The van der Waals surface area contributed by atoms with Gasteiger partial charge in [-0.3, -0.25) is 0 Å². The summed E-state index contributed by atoms with van der Waals surface area (Å²) in [7, 11) is 0. The van der Waals surface area contributed by atoms with E-state index >= 15 is 0 Å². The Hall–Kier alpha value is -3.01. The fourth-order valence-corrected chi connectivity index (χ4v) is 3.33. The van der Waals surface area contributed by atoms with Gasteiger partial charge in [0, 0.05) is 34.7 Å². The highest BCUT2D eigenvalue weighted by atomic mass is 79.9. The number of anilines is 4. The largest absolute Gasteiger partial charge is 0.394 e. The zero-order chi connectivity index (χ0) is 21.1. The topological polar surface area (TPSA) is 95.2 Å². The van der Waals surface area contributed by atoms with Gasteiger partial charge in [0.1, 0.15) is 11.6 Å². The smallest absolute Gasteiger partial charge is 0.229 e. The van der Waals surface area contributed by atoms with Crippen LogP contribution in [0.15, 0.2) is 65.4 Å². The zero-order valence-corrected chi connectivity index (χ0v) is 17.3. The van der Waals surface area contributed by atoms with E-state index in [0.717, 1.165) is 16.6 Å². The summed E-state index contributed by atoms with van der Waals surface area (Å²) in [6.45, 7) is 0.0372. The summed E-state index contributed by atoms with van der Waals surface area (Å²) < 4.78 is 15.7. The van der Waals surface area contributed by atoms with Crippen LogP contribution in [-0.4, -0.2) is 37.5 Å². The van der Waals surface area contributed by atoms with Crippen molar-refractivity contribution in [1.29, 1.82) is 0 Å². The molecule has 0 bridgehead atoms. The van der Waals surface area contributed by atoms with E-state index in [1.807, 2.05) is 35.0 Å². The molecule has 4 N–H and O–H groups in total. The summed E-state index contributed by atoms with van der Waals surface area (Å²) in [5.41, 5.74) is 2.45. The third-order valence-corrected chi connectivity index (χ3v) is 5.08. The van der Waals surface area contributed by atoms with Crippen LogP contribution in [0.2, 0.25) is 0 Å².